The van der Waals surface area contributed by atoms with E-state index in [1.165, 1.54) is 7.11 Å². The Balaban J connectivity index is 1.66. The van der Waals surface area contributed by atoms with Crippen LogP contribution in [-0.2, 0) is 26.2 Å². The van der Waals surface area contributed by atoms with Crippen LogP contribution in [0, 0.1) is 0 Å². The van der Waals surface area contributed by atoms with Crippen LogP contribution < -0.4 is 5.32 Å². The van der Waals surface area contributed by atoms with Gasteiger partial charge in [-0.05, 0) is 30.2 Å². The fourth-order valence-electron chi connectivity index (χ4n) is 4.04. The maximum Gasteiger partial charge on any atom is 0.328 e. The van der Waals surface area contributed by atoms with Gasteiger partial charge in [0, 0.05) is 17.5 Å². The third-order valence-corrected chi connectivity index (χ3v) is 6.02. The highest BCUT2D eigenvalue weighted by atomic mass is 16.5. The van der Waals surface area contributed by atoms with Crippen molar-refractivity contribution < 1.29 is 14.3 Å². The average molecular weight is 439 g/mol. The van der Waals surface area contributed by atoms with Crippen LogP contribution in [0.2, 0.25) is 0 Å². The number of para-hydroxylation sites is 1. The van der Waals surface area contributed by atoms with E-state index in [0.717, 1.165) is 22.0 Å². The molecule has 1 amide bonds. The summed E-state index contributed by atoms with van der Waals surface area (Å²) >= 11 is 0. The molecule has 0 spiro atoms. The van der Waals surface area contributed by atoms with Crippen molar-refractivity contribution in [2.45, 2.75) is 24.8 Å². The summed E-state index contributed by atoms with van der Waals surface area (Å²) in [5.41, 5.74) is 2.21. The molecule has 0 saturated carbocycles. The van der Waals surface area contributed by atoms with E-state index in [-0.39, 0.29) is 12.3 Å². The summed E-state index contributed by atoms with van der Waals surface area (Å²) < 4.78 is 5.02. The maximum atomic E-state index is 13.8. The van der Waals surface area contributed by atoms with Gasteiger partial charge < -0.3 is 10.1 Å². The second-order valence-electron chi connectivity index (χ2n) is 8.11. The van der Waals surface area contributed by atoms with Gasteiger partial charge in [0.1, 0.15) is 6.04 Å². The molecule has 1 aromatic heterocycles. The van der Waals surface area contributed by atoms with Gasteiger partial charge in [-0.2, -0.15) is 0 Å². The summed E-state index contributed by atoms with van der Waals surface area (Å²) in [6.07, 6.45) is 0.225. The van der Waals surface area contributed by atoms with Crippen LogP contribution in [0.5, 0.6) is 0 Å². The van der Waals surface area contributed by atoms with Crippen LogP contribution in [0.3, 0.4) is 0 Å². The number of aromatic nitrogens is 1. The molecule has 1 heterocycles. The molecular formula is C28H26N2O3. The second-order valence-corrected chi connectivity index (χ2v) is 8.11. The highest BCUT2D eigenvalue weighted by Gasteiger charge is 2.39. The van der Waals surface area contributed by atoms with Gasteiger partial charge >= 0.3 is 5.97 Å². The van der Waals surface area contributed by atoms with Crippen molar-refractivity contribution in [3.8, 4) is 0 Å². The number of esters is 1. The Labute approximate surface area is 193 Å². The van der Waals surface area contributed by atoms with Crippen molar-refractivity contribution in [1.82, 2.24) is 10.3 Å². The number of methoxy groups -OCH3 is 1. The minimum atomic E-state index is -0.994. The highest BCUT2D eigenvalue weighted by molar-refractivity contribution is 5.94. The number of fused-ring (bicyclic) bond motifs is 1. The first kappa shape index (κ1) is 22.2. The Morgan fingerprint density at radius 2 is 1.42 bits per heavy atom. The zero-order valence-corrected chi connectivity index (χ0v) is 18.7. The quantitative estimate of drug-likeness (QED) is 0.433. The van der Waals surface area contributed by atoms with Gasteiger partial charge in [-0.1, -0.05) is 84.9 Å². The second kappa shape index (κ2) is 9.65. The fraction of sp³-hybridized carbons (Fsp3) is 0.179. The van der Waals surface area contributed by atoms with E-state index in [1.807, 2.05) is 104 Å². The average Bonchev–Trinajstić information content (AvgIpc) is 2.88. The molecule has 0 aliphatic heterocycles. The topological polar surface area (TPSA) is 68.3 Å². The van der Waals surface area contributed by atoms with E-state index in [2.05, 4.69) is 10.3 Å². The molecule has 0 unspecified atom stereocenters. The molecule has 33 heavy (non-hydrogen) atoms. The zero-order chi connectivity index (χ0) is 23.3. The van der Waals surface area contributed by atoms with Crippen LogP contribution in [0.4, 0.5) is 0 Å². The van der Waals surface area contributed by atoms with Gasteiger partial charge in [0.2, 0.25) is 5.91 Å². The molecule has 3 aromatic carbocycles. The third kappa shape index (κ3) is 4.62. The molecular weight excluding hydrogens is 412 g/mol. The van der Waals surface area contributed by atoms with Crippen LogP contribution in [0.25, 0.3) is 10.9 Å². The lowest BCUT2D eigenvalue weighted by atomic mass is 9.75. The molecule has 1 atom stereocenters. The van der Waals surface area contributed by atoms with Crippen molar-refractivity contribution in [2.75, 3.05) is 7.11 Å². The normalized spacial score (nSPS) is 12.2. The number of hydrogen-bond donors (Lipinski definition) is 1. The Morgan fingerprint density at radius 3 is 2.03 bits per heavy atom. The third-order valence-electron chi connectivity index (χ3n) is 6.02. The molecule has 5 heteroatoms. The fourth-order valence-corrected chi connectivity index (χ4v) is 4.04. The van der Waals surface area contributed by atoms with E-state index in [4.69, 9.17) is 4.74 Å². The van der Waals surface area contributed by atoms with Gasteiger partial charge in [-0.25, -0.2) is 4.79 Å². The minimum Gasteiger partial charge on any atom is -0.467 e. The molecule has 4 aromatic rings. The summed E-state index contributed by atoms with van der Waals surface area (Å²) in [5.74, 6) is -0.794. The number of amides is 1. The van der Waals surface area contributed by atoms with E-state index >= 15 is 0 Å². The zero-order valence-electron chi connectivity index (χ0n) is 18.7. The minimum absolute atomic E-state index is 0.225. The summed E-state index contributed by atoms with van der Waals surface area (Å²) in [4.78, 5) is 31.1. The lowest BCUT2D eigenvalue weighted by molar-refractivity contribution is -0.145. The molecule has 166 valence electrons. The number of pyridine rings is 1. The maximum absolute atomic E-state index is 13.8. The molecule has 0 aliphatic rings. The van der Waals surface area contributed by atoms with E-state index in [9.17, 15) is 9.59 Å². The Morgan fingerprint density at radius 1 is 0.848 bits per heavy atom. The van der Waals surface area contributed by atoms with Gasteiger partial charge in [-0.3, -0.25) is 9.78 Å². The van der Waals surface area contributed by atoms with E-state index in [0.29, 0.717) is 5.69 Å². The van der Waals surface area contributed by atoms with Gasteiger partial charge in [0.25, 0.3) is 0 Å². The van der Waals surface area contributed by atoms with Crippen LogP contribution in [-0.4, -0.2) is 30.0 Å². The number of hydrogen-bond acceptors (Lipinski definition) is 4. The summed E-state index contributed by atoms with van der Waals surface area (Å²) in [6.45, 7) is 1.87. The monoisotopic (exact) mass is 438 g/mol. The first-order valence-electron chi connectivity index (χ1n) is 10.9. The van der Waals surface area contributed by atoms with E-state index in [1.54, 1.807) is 0 Å². The molecule has 0 saturated heterocycles. The Kier molecular flexibility index (Phi) is 6.50. The van der Waals surface area contributed by atoms with Crippen molar-refractivity contribution >= 4 is 22.8 Å². The van der Waals surface area contributed by atoms with Gasteiger partial charge in [0.05, 0.1) is 18.0 Å². The predicted molar refractivity (Wildman–Crippen MR) is 129 cm³/mol. The SMILES string of the molecule is COC(=O)[C@H](Cc1ccc2ccccc2n1)NC(=O)C(C)(c1ccccc1)c1ccccc1. The smallest absolute Gasteiger partial charge is 0.328 e. The number of rotatable bonds is 7. The standard InChI is InChI=1S/C28H26N2O3/c1-28(21-12-5-3-6-13-21,22-14-7-4-8-15-22)27(32)30-25(26(31)33-2)19-23-18-17-20-11-9-10-16-24(20)29-23/h3-18,25H,19H2,1-2H3,(H,30,32)/t25-/m0/s1. The van der Waals surface area contributed by atoms with Crippen molar-refractivity contribution in [1.29, 1.82) is 0 Å². The Bertz CT molecular complexity index is 1220. The lowest BCUT2D eigenvalue weighted by Gasteiger charge is -2.31. The predicted octanol–water partition coefficient (Wildman–Crippen LogP) is 4.44. The number of benzene rings is 3. The van der Waals surface area contributed by atoms with Crippen LogP contribution in [0.1, 0.15) is 23.7 Å². The Hall–Kier alpha value is -3.99. The van der Waals surface area contributed by atoms with Crippen LogP contribution in [0.15, 0.2) is 97.1 Å². The molecule has 0 fully saturated rings. The van der Waals surface area contributed by atoms with Crippen molar-refractivity contribution in [2.24, 2.45) is 0 Å². The summed E-state index contributed by atoms with van der Waals surface area (Å²) in [6, 6.07) is 29.9. The molecule has 0 bridgehead atoms. The number of ether oxygens (including phenoxy) is 1. The summed E-state index contributed by atoms with van der Waals surface area (Å²) in [5, 5.41) is 3.96. The molecule has 0 aliphatic carbocycles. The van der Waals surface area contributed by atoms with Gasteiger partial charge in [0.15, 0.2) is 0 Å². The lowest BCUT2D eigenvalue weighted by Crippen LogP contribution is -2.51. The first-order chi connectivity index (χ1) is 16.0. The molecule has 5 nitrogen and oxygen atoms in total. The number of nitrogens with zero attached hydrogens (tertiary/aromatic N) is 1. The van der Waals surface area contributed by atoms with Crippen LogP contribution >= 0.6 is 0 Å². The summed E-state index contributed by atoms with van der Waals surface area (Å²) in [7, 11) is 1.32. The van der Waals surface area contributed by atoms with Crippen molar-refractivity contribution in [3.63, 3.8) is 0 Å². The largest absolute Gasteiger partial charge is 0.467 e. The molecule has 4 rings (SSSR count). The number of carbonyl (C=O) groups is 2. The first-order valence-corrected chi connectivity index (χ1v) is 10.9. The van der Waals surface area contributed by atoms with Crippen molar-refractivity contribution in [3.05, 3.63) is 114 Å². The molecule has 0 radical (unpaired) electrons. The number of carbonyl (C=O) groups excluding carboxylic acids is 2. The molecule has 1 N–H and O–H groups in total. The van der Waals surface area contributed by atoms with Gasteiger partial charge in [-0.15, -0.1) is 0 Å². The van der Waals surface area contributed by atoms with E-state index < -0.39 is 17.4 Å². The highest BCUT2D eigenvalue weighted by Crippen LogP contribution is 2.32. The number of nitrogens with one attached hydrogen (secondary N) is 1.